The van der Waals surface area contributed by atoms with Crippen molar-refractivity contribution in [2.75, 3.05) is 7.11 Å². The van der Waals surface area contributed by atoms with Gasteiger partial charge in [0.15, 0.2) is 5.76 Å². The fourth-order valence-electron chi connectivity index (χ4n) is 1.31. The van der Waals surface area contributed by atoms with E-state index < -0.39 is 0 Å². The summed E-state index contributed by atoms with van der Waals surface area (Å²) < 4.78 is 15.6. The number of aromatic nitrogens is 1. The summed E-state index contributed by atoms with van der Waals surface area (Å²) in [6, 6.07) is 9.25. The Labute approximate surface area is 93.8 Å². The summed E-state index contributed by atoms with van der Waals surface area (Å²) in [6.07, 6.45) is 0. The molecule has 1 heterocycles. The Morgan fingerprint density at radius 1 is 1.19 bits per heavy atom. The van der Waals surface area contributed by atoms with Crippen LogP contribution in [0.5, 0.6) is 11.5 Å². The van der Waals surface area contributed by atoms with E-state index in [1.54, 1.807) is 7.11 Å². The molecule has 0 radical (unpaired) electrons. The van der Waals surface area contributed by atoms with Crippen molar-refractivity contribution in [3.8, 4) is 11.5 Å². The molecule has 0 spiro atoms. The summed E-state index contributed by atoms with van der Waals surface area (Å²) in [6.45, 7) is 2.26. The second-order valence-corrected chi connectivity index (χ2v) is 3.40. The predicted octanol–water partition coefficient (Wildman–Crippen LogP) is 2.57. The van der Waals surface area contributed by atoms with E-state index in [9.17, 15) is 0 Å². The number of ether oxygens (including phenoxy) is 2. The topological polar surface area (TPSA) is 44.5 Å². The standard InChI is InChI=1S/C12H13NO3/c1-9-7-12(16-13-9)8-15-11-5-3-10(14-2)4-6-11/h3-7H,8H2,1-2H3. The van der Waals surface area contributed by atoms with Gasteiger partial charge in [0.05, 0.1) is 12.8 Å². The van der Waals surface area contributed by atoms with Gasteiger partial charge in [-0.15, -0.1) is 0 Å². The fraction of sp³-hybridized carbons (Fsp3) is 0.250. The Hall–Kier alpha value is -1.97. The van der Waals surface area contributed by atoms with Gasteiger partial charge in [0.2, 0.25) is 0 Å². The maximum atomic E-state index is 5.52. The molecular weight excluding hydrogens is 206 g/mol. The molecule has 1 aromatic heterocycles. The summed E-state index contributed by atoms with van der Waals surface area (Å²) >= 11 is 0. The Morgan fingerprint density at radius 3 is 2.44 bits per heavy atom. The van der Waals surface area contributed by atoms with Crippen molar-refractivity contribution in [1.82, 2.24) is 5.16 Å². The van der Waals surface area contributed by atoms with Crippen molar-refractivity contribution in [3.63, 3.8) is 0 Å². The van der Waals surface area contributed by atoms with Crippen LogP contribution in [0.15, 0.2) is 34.9 Å². The van der Waals surface area contributed by atoms with Crippen LogP contribution in [0.4, 0.5) is 0 Å². The highest BCUT2D eigenvalue weighted by Gasteiger charge is 2.01. The van der Waals surface area contributed by atoms with Crippen LogP contribution in [0, 0.1) is 6.92 Å². The fourth-order valence-corrected chi connectivity index (χ4v) is 1.31. The van der Waals surface area contributed by atoms with Crippen LogP contribution < -0.4 is 9.47 Å². The number of benzene rings is 1. The average Bonchev–Trinajstić information content (AvgIpc) is 2.73. The first-order valence-electron chi connectivity index (χ1n) is 4.97. The zero-order valence-electron chi connectivity index (χ0n) is 9.27. The highest BCUT2D eigenvalue weighted by molar-refractivity contribution is 5.31. The molecule has 0 atom stereocenters. The second kappa shape index (κ2) is 4.70. The van der Waals surface area contributed by atoms with Gasteiger partial charge in [-0.1, -0.05) is 5.16 Å². The third-order valence-electron chi connectivity index (χ3n) is 2.12. The lowest BCUT2D eigenvalue weighted by Crippen LogP contribution is -1.93. The van der Waals surface area contributed by atoms with Crippen LogP contribution in [-0.4, -0.2) is 12.3 Å². The van der Waals surface area contributed by atoms with Crippen LogP contribution in [-0.2, 0) is 6.61 Å². The third-order valence-corrected chi connectivity index (χ3v) is 2.12. The molecular formula is C12H13NO3. The van der Waals surface area contributed by atoms with E-state index in [0.29, 0.717) is 12.4 Å². The number of hydrogen-bond donors (Lipinski definition) is 0. The molecule has 2 aromatic rings. The lowest BCUT2D eigenvalue weighted by Gasteiger charge is -2.04. The molecule has 2 rings (SSSR count). The first-order valence-corrected chi connectivity index (χ1v) is 4.97. The largest absolute Gasteiger partial charge is 0.497 e. The summed E-state index contributed by atoms with van der Waals surface area (Å²) in [4.78, 5) is 0. The number of rotatable bonds is 4. The van der Waals surface area contributed by atoms with Crippen LogP contribution in [0.3, 0.4) is 0 Å². The number of aryl methyl sites for hydroxylation is 1. The highest BCUT2D eigenvalue weighted by atomic mass is 16.5. The minimum absolute atomic E-state index is 0.382. The Balaban J connectivity index is 1.94. The van der Waals surface area contributed by atoms with Crippen molar-refractivity contribution in [2.45, 2.75) is 13.5 Å². The van der Waals surface area contributed by atoms with Gasteiger partial charge in [-0.3, -0.25) is 0 Å². The van der Waals surface area contributed by atoms with Crippen molar-refractivity contribution in [2.24, 2.45) is 0 Å². The van der Waals surface area contributed by atoms with E-state index in [-0.39, 0.29) is 0 Å². The van der Waals surface area contributed by atoms with E-state index >= 15 is 0 Å². The van der Waals surface area contributed by atoms with Gasteiger partial charge in [0, 0.05) is 6.07 Å². The van der Waals surface area contributed by atoms with Crippen molar-refractivity contribution >= 4 is 0 Å². The summed E-state index contributed by atoms with van der Waals surface area (Å²) in [5, 5.41) is 3.78. The van der Waals surface area contributed by atoms with Gasteiger partial charge in [0.1, 0.15) is 18.1 Å². The first-order chi connectivity index (χ1) is 7.78. The molecule has 4 heteroatoms. The van der Waals surface area contributed by atoms with E-state index in [2.05, 4.69) is 5.16 Å². The van der Waals surface area contributed by atoms with Crippen LogP contribution >= 0.6 is 0 Å². The number of hydrogen-bond acceptors (Lipinski definition) is 4. The Kier molecular flexibility index (Phi) is 3.10. The molecule has 0 aliphatic rings. The van der Waals surface area contributed by atoms with Crippen LogP contribution in [0.25, 0.3) is 0 Å². The molecule has 0 saturated carbocycles. The molecule has 0 saturated heterocycles. The first kappa shape index (κ1) is 10.5. The van der Waals surface area contributed by atoms with Crippen molar-refractivity contribution < 1.29 is 14.0 Å². The summed E-state index contributed by atoms with van der Waals surface area (Å²) in [7, 11) is 1.63. The quantitative estimate of drug-likeness (QED) is 0.792. The van der Waals surface area contributed by atoms with Crippen LogP contribution in [0.1, 0.15) is 11.5 Å². The van der Waals surface area contributed by atoms with Crippen molar-refractivity contribution in [1.29, 1.82) is 0 Å². The lowest BCUT2D eigenvalue weighted by molar-refractivity contribution is 0.248. The van der Waals surface area contributed by atoms with Crippen LogP contribution in [0.2, 0.25) is 0 Å². The van der Waals surface area contributed by atoms with Gasteiger partial charge in [-0.2, -0.15) is 0 Å². The minimum atomic E-state index is 0.382. The van der Waals surface area contributed by atoms with Gasteiger partial charge < -0.3 is 14.0 Å². The third kappa shape index (κ3) is 2.53. The van der Waals surface area contributed by atoms with E-state index in [1.165, 1.54) is 0 Å². The number of methoxy groups -OCH3 is 1. The zero-order chi connectivity index (χ0) is 11.4. The monoisotopic (exact) mass is 219 g/mol. The molecule has 0 bridgehead atoms. The van der Waals surface area contributed by atoms with E-state index in [0.717, 1.165) is 17.2 Å². The second-order valence-electron chi connectivity index (χ2n) is 3.40. The van der Waals surface area contributed by atoms with E-state index in [4.69, 9.17) is 14.0 Å². The molecule has 84 valence electrons. The van der Waals surface area contributed by atoms with Crippen molar-refractivity contribution in [3.05, 3.63) is 41.8 Å². The summed E-state index contributed by atoms with van der Waals surface area (Å²) in [5.41, 5.74) is 0.855. The molecule has 0 N–H and O–H groups in total. The zero-order valence-corrected chi connectivity index (χ0v) is 9.27. The maximum absolute atomic E-state index is 5.52. The normalized spacial score (nSPS) is 10.1. The molecule has 0 aliphatic carbocycles. The molecule has 4 nitrogen and oxygen atoms in total. The minimum Gasteiger partial charge on any atom is -0.497 e. The Morgan fingerprint density at radius 2 is 1.88 bits per heavy atom. The maximum Gasteiger partial charge on any atom is 0.174 e. The lowest BCUT2D eigenvalue weighted by atomic mass is 10.3. The number of nitrogens with zero attached hydrogens (tertiary/aromatic N) is 1. The smallest absolute Gasteiger partial charge is 0.174 e. The van der Waals surface area contributed by atoms with Gasteiger partial charge in [-0.25, -0.2) is 0 Å². The SMILES string of the molecule is COc1ccc(OCc2cc(C)no2)cc1. The molecule has 16 heavy (non-hydrogen) atoms. The average molecular weight is 219 g/mol. The van der Waals surface area contributed by atoms with Gasteiger partial charge >= 0.3 is 0 Å². The molecule has 0 fully saturated rings. The highest BCUT2D eigenvalue weighted by Crippen LogP contribution is 2.18. The van der Waals surface area contributed by atoms with E-state index in [1.807, 2.05) is 37.3 Å². The molecule has 0 aliphatic heterocycles. The summed E-state index contributed by atoms with van der Waals surface area (Å²) in [5.74, 6) is 2.30. The Bertz CT molecular complexity index is 448. The predicted molar refractivity (Wildman–Crippen MR) is 58.6 cm³/mol. The molecule has 1 aromatic carbocycles. The van der Waals surface area contributed by atoms with Gasteiger partial charge in [-0.05, 0) is 31.2 Å². The molecule has 0 unspecified atom stereocenters. The van der Waals surface area contributed by atoms with Gasteiger partial charge in [0.25, 0.3) is 0 Å². The molecule has 0 amide bonds.